The van der Waals surface area contributed by atoms with E-state index in [4.69, 9.17) is 10.3 Å². The Labute approximate surface area is 347 Å². The van der Waals surface area contributed by atoms with Gasteiger partial charge in [0, 0.05) is 25.8 Å². The Morgan fingerprint density at radius 1 is 0.456 bits per heavy atom. The van der Waals surface area contributed by atoms with Crippen molar-refractivity contribution in [3.8, 4) is 11.1 Å². The molecule has 0 spiro atoms. The summed E-state index contributed by atoms with van der Waals surface area (Å²) in [6.07, 6.45) is 3.37. The Morgan fingerprint density at radius 2 is 0.825 bits per heavy atom. The van der Waals surface area contributed by atoms with E-state index >= 15 is 0 Å². The first-order chi connectivity index (χ1) is 27.2. The standard InChI is InChI=1S/C21H18BrN3O3S.C19H17BrN4O3S/c22-17-9-3-5-11-19(17)25-21(26)24-18-10-4-1-7-15(18)13-14-16-8-2-6-12-20(16)29(23,27)28;20-15-9-3-6-12-18(15)23-19(25)22-16-10-4-1-7-13(16)14-8-2-5-11-17(14)24-28(21,26)27/h1-14H,(H2,23,27,28)(H2,24,25,26);1-12,24H,(H2,21,26,27)(H2,22,23,25)/b14-13+;. The number of hydrogen-bond donors (Lipinski definition) is 7. The lowest BCUT2D eigenvalue weighted by Crippen LogP contribution is -2.22. The maximum atomic E-state index is 12.5. The number of anilines is 5. The number of halogens is 2. The van der Waals surface area contributed by atoms with E-state index in [2.05, 4.69) is 57.8 Å². The van der Waals surface area contributed by atoms with Crippen LogP contribution in [0.4, 0.5) is 38.0 Å². The van der Waals surface area contributed by atoms with Crippen LogP contribution in [0.1, 0.15) is 11.1 Å². The van der Waals surface area contributed by atoms with Crippen LogP contribution < -0.4 is 36.3 Å². The summed E-state index contributed by atoms with van der Waals surface area (Å²) in [6.45, 7) is 0. The Hall–Kier alpha value is -5.82. The summed E-state index contributed by atoms with van der Waals surface area (Å²) in [5.41, 5.74) is 5.03. The largest absolute Gasteiger partial charge is 0.323 e. The molecule has 0 saturated heterocycles. The molecule has 0 unspecified atom stereocenters. The summed E-state index contributed by atoms with van der Waals surface area (Å²) in [7, 11) is -7.79. The molecule has 0 aliphatic heterocycles. The summed E-state index contributed by atoms with van der Waals surface area (Å²) in [5, 5.41) is 21.5. The van der Waals surface area contributed by atoms with Gasteiger partial charge in [-0.25, -0.2) is 28.3 Å². The number of primary sulfonamides is 1. The van der Waals surface area contributed by atoms with E-state index in [0.29, 0.717) is 50.7 Å². The Bertz CT molecular complexity index is 2660. The summed E-state index contributed by atoms with van der Waals surface area (Å²) in [5.74, 6) is 0. The second kappa shape index (κ2) is 19.4. The maximum absolute atomic E-state index is 12.5. The van der Waals surface area contributed by atoms with Gasteiger partial charge >= 0.3 is 12.1 Å². The average Bonchev–Trinajstić information content (AvgIpc) is 3.16. The molecule has 0 radical (unpaired) electrons. The molecule has 0 aliphatic carbocycles. The fourth-order valence-electron chi connectivity index (χ4n) is 5.28. The van der Waals surface area contributed by atoms with E-state index < -0.39 is 32.3 Å². The molecule has 0 aliphatic rings. The lowest BCUT2D eigenvalue weighted by molar-refractivity contribution is 0.261. The number of nitrogens with two attached hydrogens (primary N) is 2. The number of sulfonamides is 1. The molecule has 6 aromatic rings. The molecule has 0 aromatic heterocycles. The molecule has 6 rings (SSSR count). The van der Waals surface area contributed by atoms with Crippen LogP contribution in [0.25, 0.3) is 23.3 Å². The smallest absolute Gasteiger partial charge is 0.307 e. The molecule has 0 heterocycles. The highest BCUT2D eigenvalue weighted by molar-refractivity contribution is 9.11. The van der Waals surface area contributed by atoms with Crippen LogP contribution in [0.2, 0.25) is 0 Å². The Kier molecular flexibility index (Phi) is 14.4. The molecule has 9 N–H and O–H groups in total. The van der Waals surface area contributed by atoms with E-state index in [1.54, 1.807) is 103 Å². The first-order valence-electron chi connectivity index (χ1n) is 16.7. The van der Waals surface area contributed by atoms with Crippen LogP contribution in [0, 0.1) is 0 Å². The van der Waals surface area contributed by atoms with Gasteiger partial charge in [0.1, 0.15) is 0 Å². The van der Waals surface area contributed by atoms with Gasteiger partial charge in [0.2, 0.25) is 10.0 Å². The van der Waals surface area contributed by atoms with Crippen LogP contribution in [0.3, 0.4) is 0 Å². The van der Waals surface area contributed by atoms with Gasteiger partial charge in [-0.3, -0.25) is 4.72 Å². The zero-order valence-electron chi connectivity index (χ0n) is 29.7. The first-order valence-corrected chi connectivity index (χ1v) is 21.4. The van der Waals surface area contributed by atoms with E-state index in [-0.39, 0.29) is 4.90 Å². The average molecular weight is 934 g/mol. The van der Waals surface area contributed by atoms with Gasteiger partial charge in [0.25, 0.3) is 10.2 Å². The minimum absolute atomic E-state index is 0.0355. The second-order valence-corrected chi connectivity index (χ2v) is 16.4. The van der Waals surface area contributed by atoms with Gasteiger partial charge in [-0.1, -0.05) is 109 Å². The van der Waals surface area contributed by atoms with Gasteiger partial charge in [-0.2, -0.15) is 8.42 Å². The zero-order chi connectivity index (χ0) is 41.0. The molecule has 292 valence electrons. The van der Waals surface area contributed by atoms with Crippen molar-refractivity contribution < 1.29 is 26.4 Å². The van der Waals surface area contributed by atoms with Crippen LogP contribution >= 0.6 is 31.9 Å². The van der Waals surface area contributed by atoms with Crippen molar-refractivity contribution >= 4 is 105 Å². The normalized spacial score (nSPS) is 11.2. The molecule has 0 fully saturated rings. The minimum Gasteiger partial charge on any atom is -0.307 e. The highest BCUT2D eigenvalue weighted by Gasteiger charge is 2.15. The number of hydrogen-bond acceptors (Lipinski definition) is 6. The lowest BCUT2D eigenvalue weighted by atomic mass is 10.0. The van der Waals surface area contributed by atoms with Crippen LogP contribution in [0.5, 0.6) is 0 Å². The molecule has 17 heteroatoms. The molecule has 13 nitrogen and oxygen atoms in total. The quantitative estimate of drug-likeness (QED) is 0.0664. The van der Waals surface area contributed by atoms with Crippen molar-refractivity contribution in [3.63, 3.8) is 0 Å². The molecule has 4 amide bonds. The third-order valence-corrected chi connectivity index (χ3v) is 10.6. The van der Waals surface area contributed by atoms with E-state index in [0.717, 1.165) is 8.95 Å². The molecular weight excluding hydrogens is 898 g/mol. The van der Waals surface area contributed by atoms with Crippen LogP contribution in [0.15, 0.2) is 159 Å². The van der Waals surface area contributed by atoms with Gasteiger partial charge in [-0.05, 0) is 91.5 Å². The monoisotopic (exact) mass is 931 g/mol. The van der Waals surface area contributed by atoms with Crippen molar-refractivity contribution in [1.29, 1.82) is 0 Å². The van der Waals surface area contributed by atoms with E-state index in [1.807, 2.05) is 48.5 Å². The fraction of sp³-hybridized carbons (Fsp3) is 0. The number of amides is 4. The first kappa shape index (κ1) is 42.3. The van der Waals surface area contributed by atoms with Crippen molar-refractivity contribution in [2.75, 3.05) is 26.0 Å². The number of nitrogens with one attached hydrogen (secondary N) is 5. The predicted octanol–water partition coefficient (Wildman–Crippen LogP) is 9.29. The topological polar surface area (TPSA) is 215 Å². The van der Waals surface area contributed by atoms with Crippen molar-refractivity contribution in [1.82, 2.24) is 0 Å². The Balaban J connectivity index is 0.000000218. The third-order valence-electron chi connectivity index (χ3n) is 7.77. The molecule has 0 saturated carbocycles. The summed E-state index contributed by atoms with van der Waals surface area (Å²) >= 11 is 6.76. The summed E-state index contributed by atoms with van der Waals surface area (Å²) in [6, 6.07) is 41.2. The highest BCUT2D eigenvalue weighted by atomic mass is 79.9. The number of urea groups is 2. The lowest BCUT2D eigenvalue weighted by Gasteiger charge is -2.15. The number of rotatable bonds is 10. The maximum Gasteiger partial charge on any atom is 0.323 e. The third kappa shape index (κ3) is 12.6. The molecule has 0 bridgehead atoms. The number of carbonyl (C=O) groups excluding carboxylic acids is 2. The van der Waals surface area contributed by atoms with E-state index in [1.165, 1.54) is 6.07 Å². The van der Waals surface area contributed by atoms with Crippen LogP contribution in [-0.4, -0.2) is 28.9 Å². The molecule has 57 heavy (non-hydrogen) atoms. The summed E-state index contributed by atoms with van der Waals surface area (Å²) in [4.78, 5) is 24.9. The van der Waals surface area contributed by atoms with E-state index in [9.17, 15) is 26.4 Å². The Morgan fingerprint density at radius 3 is 1.35 bits per heavy atom. The van der Waals surface area contributed by atoms with Gasteiger partial charge < -0.3 is 21.3 Å². The van der Waals surface area contributed by atoms with Crippen molar-refractivity contribution in [2.45, 2.75) is 4.90 Å². The van der Waals surface area contributed by atoms with Gasteiger partial charge in [0.15, 0.2) is 0 Å². The van der Waals surface area contributed by atoms with Gasteiger partial charge in [0.05, 0.1) is 27.6 Å². The number of carbonyl (C=O) groups is 2. The van der Waals surface area contributed by atoms with Crippen molar-refractivity contribution in [3.05, 3.63) is 166 Å². The molecule has 6 aromatic carbocycles. The van der Waals surface area contributed by atoms with Crippen molar-refractivity contribution in [2.24, 2.45) is 10.3 Å². The number of para-hydroxylation sites is 5. The molecule has 0 atom stereocenters. The fourth-order valence-corrected chi connectivity index (χ4v) is 7.26. The second-order valence-electron chi connectivity index (χ2n) is 11.9. The highest BCUT2D eigenvalue weighted by Crippen LogP contribution is 2.34. The van der Waals surface area contributed by atoms with Gasteiger partial charge in [-0.15, -0.1) is 0 Å². The predicted molar refractivity (Wildman–Crippen MR) is 235 cm³/mol. The SMILES string of the molecule is NS(=O)(=O)Nc1ccccc1-c1ccccc1NC(=O)Nc1ccccc1Br.NS(=O)(=O)c1ccccc1/C=C/c1ccccc1NC(=O)Nc1ccccc1Br. The number of benzene rings is 6. The summed E-state index contributed by atoms with van der Waals surface area (Å²) < 4.78 is 50.2. The minimum atomic E-state index is -3.94. The van der Waals surface area contributed by atoms with Crippen LogP contribution in [-0.2, 0) is 20.2 Å². The molecular formula is C40H35Br2N7O6S2. The zero-order valence-corrected chi connectivity index (χ0v) is 34.5.